The first-order valence-corrected chi connectivity index (χ1v) is 7.60. The molecule has 1 saturated carbocycles. The number of nitrogens with zero attached hydrogens (tertiary/aromatic N) is 1. The average molecular weight is 315 g/mol. The normalized spacial score (nSPS) is 34.5. The number of ether oxygens (including phenoxy) is 2. The molecule has 22 heavy (non-hydrogen) atoms. The van der Waals surface area contributed by atoms with E-state index in [9.17, 15) is 19.8 Å². The first-order chi connectivity index (χ1) is 10.1. The second-order valence-electron chi connectivity index (χ2n) is 7.14. The lowest BCUT2D eigenvalue weighted by Crippen LogP contribution is -2.55. The molecule has 0 bridgehead atoms. The molecule has 0 radical (unpaired) electrons. The zero-order valence-corrected chi connectivity index (χ0v) is 13.5. The highest BCUT2D eigenvalue weighted by molar-refractivity contribution is 5.71. The molecule has 1 aliphatic heterocycles. The Bertz CT molecular complexity index is 459. The van der Waals surface area contributed by atoms with Crippen LogP contribution in [0, 0.1) is 5.92 Å². The van der Waals surface area contributed by atoms with Gasteiger partial charge in [-0.3, -0.25) is 9.69 Å². The molecule has 7 heteroatoms. The summed E-state index contributed by atoms with van der Waals surface area (Å²) >= 11 is 0. The Morgan fingerprint density at radius 1 is 1.32 bits per heavy atom. The lowest BCUT2D eigenvalue weighted by atomic mass is 9.87. The molecule has 126 valence electrons. The third-order valence-corrected chi connectivity index (χ3v) is 4.39. The van der Waals surface area contributed by atoms with Crippen molar-refractivity contribution in [1.29, 1.82) is 0 Å². The molecule has 1 aliphatic carbocycles. The Morgan fingerprint density at radius 2 is 1.95 bits per heavy atom. The van der Waals surface area contributed by atoms with Crippen molar-refractivity contribution < 1.29 is 29.3 Å². The van der Waals surface area contributed by atoms with Gasteiger partial charge in [-0.25, -0.2) is 4.79 Å². The summed E-state index contributed by atoms with van der Waals surface area (Å²) < 4.78 is 10.5. The standard InChI is InChI=1S/C15H25NO6/c1-9(17)21-8-15-7-5-6-10(15)11(18)12(19)16(15)13(20)22-14(2,3)4/h10-12,18-19H,5-8H2,1-4H3/t10-,11+,12?,15+/m1/s1. The molecule has 1 heterocycles. The number of rotatable bonds is 2. The van der Waals surface area contributed by atoms with Crippen LogP contribution >= 0.6 is 0 Å². The number of likely N-dealkylation sites (tertiary alicyclic amines) is 1. The summed E-state index contributed by atoms with van der Waals surface area (Å²) in [6.07, 6.45) is -1.11. The van der Waals surface area contributed by atoms with Crippen LogP contribution in [0.15, 0.2) is 0 Å². The maximum atomic E-state index is 12.5. The number of carbonyl (C=O) groups is 2. The fourth-order valence-electron chi connectivity index (χ4n) is 3.57. The fourth-order valence-corrected chi connectivity index (χ4v) is 3.57. The lowest BCUT2D eigenvalue weighted by Gasteiger charge is -2.39. The summed E-state index contributed by atoms with van der Waals surface area (Å²) in [5.41, 5.74) is -1.62. The van der Waals surface area contributed by atoms with Crippen LogP contribution < -0.4 is 0 Å². The smallest absolute Gasteiger partial charge is 0.413 e. The van der Waals surface area contributed by atoms with E-state index in [-0.39, 0.29) is 12.5 Å². The summed E-state index contributed by atoms with van der Waals surface area (Å²) in [5, 5.41) is 20.6. The van der Waals surface area contributed by atoms with Gasteiger partial charge in [-0.15, -0.1) is 0 Å². The topological polar surface area (TPSA) is 96.3 Å². The molecule has 0 aromatic rings. The van der Waals surface area contributed by atoms with Gasteiger partial charge in [-0.05, 0) is 33.6 Å². The third kappa shape index (κ3) is 2.92. The minimum atomic E-state index is -1.35. The van der Waals surface area contributed by atoms with Crippen LogP contribution in [0.25, 0.3) is 0 Å². The summed E-state index contributed by atoms with van der Waals surface area (Å²) in [4.78, 5) is 24.8. The van der Waals surface area contributed by atoms with Crippen LogP contribution in [0.3, 0.4) is 0 Å². The predicted octanol–water partition coefficient (Wildman–Crippen LogP) is 1.02. The molecule has 1 unspecified atom stereocenters. The third-order valence-electron chi connectivity index (χ3n) is 4.39. The quantitative estimate of drug-likeness (QED) is 0.739. The number of hydrogen-bond acceptors (Lipinski definition) is 6. The second kappa shape index (κ2) is 5.70. The van der Waals surface area contributed by atoms with Gasteiger partial charge in [-0.2, -0.15) is 0 Å². The van der Waals surface area contributed by atoms with E-state index in [1.165, 1.54) is 11.8 Å². The van der Waals surface area contributed by atoms with Crippen molar-refractivity contribution in [1.82, 2.24) is 4.90 Å². The SMILES string of the molecule is CC(=O)OC[C@@]12CCC[C@@H]1[C@H](O)C(O)N2C(=O)OC(C)(C)C. The summed E-state index contributed by atoms with van der Waals surface area (Å²) in [6, 6.07) is 0. The van der Waals surface area contributed by atoms with Gasteiger partial charge in [0.25, 0.3) is 0 Å². The lowest BCUT2D eigenvalue weighted by molar-refractivity contribution is -0.147. The molecule has 2 rings (SSSR count). The highest BCUT2D eigenvalue weighted by Crippen LogP contribution is 2.50. The molecule has 4 atom stereocenters. The molecule has 1 amide bonds. The number of esters is 1. The van der Waals surface area contributed by atoms with Crippen molar-refractivity contribution >= 4 is 12.1 Å². The van der Waals surface area contributed by atoms with Gasteiger partial charge >= 0.3 is 12.1 Å². The summed E-state index contributed by atoms with van der Waals surface area (Å²) in [6.45, 7) is 6.44. The zero-order valence-electron chi connectivity index (χ0n) is 13.5. The highest BCUT2D eigenvalue weighted by Gasteiger charge is 2.63. The maximum Gasteiger partial charge on any atom is 0.413 e. The number of carbonyl (C=O) groups excluding carboxylic acids is 2. The van der Waals surface area contributed by atoms with Crippen LogP contribution in [0.4, 0.5) is 4.79 Å². The molecule has 2 N–H and O–H groups in total. The van der Waals surface area contributed by atoms with Crippen molar-refractivity contribution in [3.8, 4) is 0 Å². The molecule has 0 aromatic carbocycles. The number of fused-ring (bicyclic) bond motifs is 1. The van der Waals surface area contributed by atoms with E-state index in [2.05, 4.69) is 0 Å². The Hall–Kier alpha value is -1.34. The molecular formula is C15H25NO6. The minimum Gasteiger partial charge on any atom is -0.463 e. The van der Waals surface area contributed by atoms with E-state index >= 15 is 0 Å². The number of aliphatic hydroxyl groups is 2. The van der Waals surface area contributed by atoms with E-state index in [4.69, 9.17) is 9.47 Å². The summed E-state index contributed by atoms with van der Waals surface area (Å²) in [7, 11) is 0. The van der Waals surface area contributed by atoms with Crippen LogP contribution in [0.1, 0.15) is 47.0 Å². The summed E-state index contributed by atoms with van der Waals surface area (Å²) in [5.74, 6) is -0.783. The van der Waals surface area contributed by atoms with Crippen LogP contribution in [-0.2, 0) is 14.3 Å². The Kier molecular flexibility index (Phi) is 4.41. The highest BCUT2D eigenvalue weighted by atomic mass is 16.6. The van der Waals surface area contributed by atoms with Crippen LogP contribution in [0.5, 0.6) is 0 Å². The molecule has 2 fully saturated rings. The van der Waals surface area contributed by atoms with Gasteiger partial charge in [0.1, 0.15) is 18.3 Å². The predicted molar refractivity (Wildman–Crippen MR) is 76.8 cm³/mol. The molecule has 0 spiro atoms. The van der Waals surface area contributed by atoms with Crippen LogP contribution in [0.2, 0.25) is 0 Å². The monoisotopic (exact) mass is 315 g/mol. The van der Waals surface area contributed by atoms with Crippen molar-refractivity contribution in [2.75, 3.05) is 6.61 Å². The fraction of sp³-hybridized carbons (Fsp3) is 0.867. The molecule has 7 nitrogen and oxygen atoms in total. The molecule has 2 aliphatic rings. The first kappa shape index (κ1) is 17.0. The van der Waals surface area contributed by atoms with Gasteiger partial charge in [0.05, 0.1) is 5.54 Å². The van der Waals surface area contributed by atoms with E-state index in [1.807, 2.05) is 0 Å². The Labute approximate surface area is 130 Å². The van der Waals surface area contributed by atoms with Gasteiger partial charge in [0.2, 0.25) is 0 Å². The first-order valence-electron chi connectivity index (χ1n) is 7.60. The average Bonchev–Trinajstić information content (AvgIpc) is 2.85. The van der Waals surface area contributed by atoms with E-state index in [1.54, 1.807) is 20.8 Å². The molecule has 1 saturated heterocycles. The van der Waals surface area contributed by atoms with Crippen LogP contribution in [-0.4, -0.2) is 57.3 Å². The minimum absolute atomic E-state index is 0.0413. The Balaban J connectivity index is 2.30. The molecule has 0 aromatic heterocycles. The second-order valence-corrected chi connectivity index (χ2v) is 7.14. The van der Waals surface area contributed by atoms with E-state index < -0.39 is 35.5 Å². The number of hydrogen-bond donors (Lipinski definition) is 2. The maximum absolute atomic E-state index is 12.5. The zero-order chi connectivity index (χ0) is 16.7. The Morgan fingerprint density at radius 3 is 2.50 bits per heavy atom. The van der Waals surface area contributed by atoms with Crippen molar-refractivity contribution in [2.24, 2.45) is 5.92 Å². The molecular weight excluding hydrogens is 290 g/mol. The number of aliphatic hydroxyl groups excluding tert-OH is 2. The van der Waals surface area contributed by atoms with Gasteiger partial charge in [0.15, 0.2) is 6.23 Å². The largest absolute Gasteiger partial charge is 0.463 e. The number of amides is 1. The van der Waals surface area contributed by atoms with E-state index in [0.29, 0.717) is 12.8 Å². The van der Waals surface area contributed by atoms with Gasteiger partial charge in [-0.1, -0.05) is 6.42 Å². The van der Waals surface area contributed by atoms with Crippen molar-refractivity contribution in [3.05, 3.63) is 0 Å². The van der Waals surface area contributed by atoms with Crippen molar-refractivity contribution in [3.63, 3.8) is 0 Å². The van der Waals surface area contributed by atoms with Crippen molar-refractivity contribution in [2.45, 2.75) is 70.4 Å². The van der Waals surface area contributed by atoms with Gasteiger partial charge in [0, 0.05) is 12.8 Å². The van der Waals surface area contributed by atoms with E-state index in [0.717, 1.165) is 6.42 Å². The van der Waals surface area contributed by atoms with Gasteiger partial charge < -0.3 is 19.7 Å².